The van der Waals surface area contributed by atoms with E-state index in [2.05, 4.69) is 28.8 Å². The summed E-state index contributed by atoms with van der Waals surface area (Å²) in [5.74, 6) is 0.848. The first-order chi connectivity index (χ1) is 9.24. The van der Waals surface area contributed by atoms with Gasteiger partial charge >= 0.3 is 0 Å². The number of anilines is 1. The number of benzene rings is 1. The summed E-state index contributed by atoms with van der Waals surface area (Å²) in [6.07, 6.45) is 1.01. The number of nitrogen functional groups attached to an aromatic ring is 1. The zero-order valence-electron chi connectivity index (χ0n) is 11.2. The fourth-order valence-corrected chi connectivity index (χ4v) is 2.56. The number of nitrogens with two attached hydrogens (primary N) is 1. The van der Waals surface area contributed by atoms with Gasteiger partial charge in [-0.1, -0.05) is 6.07 Å². The summed E-state index contributed by atoms with van der Waals surface area (Å²) in [5, 5.41) is 4.31. The van der Waals surface area contributed by atoms with Crippen LogP contribution in [0.4, 0.5) is 5.69 Å². The molecule has 0 bridgehead atoms. The molecule has 19 heavy (non-hydrogen) atoms. The van der Waals surface area contributed by atoms with Crippen molar-refractivity contribution in [2.24, 2.45) is 0 Å². The van der Waals surface area contributed by atoms with E-state index in [9.17, 15) is 0 Å². The molecule has 0 spiro atoms. The van der Waals surface area contributed by atoms with Gasteiger partial charge in [0.15, 0.2) is 0 Å². The van der Waals surface area contributed by atoms with Crippen LogP contribution < -0.4 is 10.5 Å². The van der Waals surface area contributed by atoms with E-state index >= 15 is 0 Å². The lowest BCUT2D eigenvalue weighted by Crippen LogP contribution is -2.20. The van der Waals surface area contributed by atoms with E-state index in [1.54, 1.807) is 11.3 Å². The van der Waals surface area contributed by atoms with E-state index in [0.29, 0.717) is 0 Å². The molecule has 0 saturated heterocycles. The van der Waals surface area contributed by atoms with Gasteiger partial charge in [0.25, 0.3) is 0 Å². The highest BCUT2D eigenvalue weighted by Gasteiger charge is 2.01. The van der Waals surface area contributed by atoms with E-state index < -0.39 is 0 Å². The molecule has 0 atom stereocenters. The first-order valence-corrected chi connectivity index (χ1v) is 7.36. The Morgan fingerprint density at radius 3 is 2.95 bits per heavy atom. The average Bonchev–Trinajstić information content (AvgIpc) is 2.87. The Morgan fingerprint density at radius 1 is 1.32 bits per heavy atom. The minimum Gasteiger partial charge on any atom is -0.493 e. The van der Waals surface area contributed by atoms with Gasteiger partial charge in [0.2, 0.25) is 0 Å². The number of hydrogen-bond acceptors (Lipinski definition) is 4. The van der Waals surface area contributed by atoms with Crippen LogP contribution in [-0.2, 0) is 6.54 Å². The lowest BCUT2D eigenvalue weighted by molar-refractivity contribution is 0.259. The zero-order valence-corrected chi connectivity index (χ0v) is 12.0. The monoisotopic (exact) mass is 276 g/mol. The van der Waals surface area contributed by atoms with Gasteiger partial charge in [-0.15, -0.1) is 0 Å². The van der Waals surface area contributed by atoms with Crippen molar-refractivity contribution >= 4 is 17.0 Å². The molecular weight excluding hydrogens is 256 g/mol. The number of ether oxygens (including phenoxy) is 1. The lowest BCUT2D eigenvalue weighted by atomic mass is 10.3. The zero-order chi connectivity index (χ0) is 13.5. The second kappa shape index (κ2) is 7.16. The molecule has 0 amide bonds. The Labute approximate surface area is 118 Å². The largest absolute Gasteiger partial charge is 0.493 e. The Bertz CT molecular complexity index is 485. The third-order valence-corrected chi connectivity index (χ3v) is 3.58. The second-order valence-electron chi connectivity index (χ2n) is 4.64. The molecule has 4 heteroatoms. The third-order valence-electron chi connectivity index (χ3n) is 2.84. The first kappa shape index (κ1) is 13.9. The van der Waals surface area contributed by atoms with Crippen molar-refractivity contribution < 1.29 is 4.74 Å². The number of nitrogens with zero attached hydrogens (tertiary/aromatic N) is 1. The Balaban J connectivity index is 1.64. The summed E-state index contributed by atoms with van der Waals surface area (Å²) in [7, 11) is 2.14. The number of thiophene rings is 1. The molecule has 0 fully saturated rings. The van der Waals surface area contributed by atoms with Crippen molar-refractivity contribution in [3.63, 3.8) is 0 Å². The van der Waals surface area contributed by atoms with E-state index in [0.717, 1.165) is 37.6 Å². The van der Waals surface area contributed by atoms with Gasteiger partial charge < -0.3 is 15.4 Å². The number of hydrogen-bond donors (Lipinski definition) is 1. The lowest BCUT2D eigenvalue weighted by Gasteiger charge is -2.16. The van der Waals surface area contributed by atoms with E-state index in [4.69, 9.17) is 10.5 Å². The molecule has 0 aliphatic rings. The Kier molecular flexibility index (Phi) is 5.24. The fourth-order valence-electron chi connectivity index (χ4n) is 1.90. The van der Waals surface area contributed by atoms with E-state index in [1.807, 2.05) is 24.3 Å². The van der Waals surface area contributed by atoms with Crippen molar-refractivity contribution in [3.05, 3.63) is 46.7 Å². The molecule has 2 aromatic rings. The van der Waals surface area contributed by atoms with Crippen molar-refractivity contribution in [2.75, 3.05) is 25.9 Å². The predicted octanol–water partition coefficient (Wildman–Crippen LogP) is 3.23. The van der Waals surface area contributed by atoms with Crippen LogP contribution in [0, 0.1) is 0 Å². The summed E-state index contributed by atoms with van der Waals surface area (Å²) in [6.45, 7) is 2.75. The highest BCUT2D eigenvalue weighted by Crippen LogP contribution is 2.14. The standard InChI is InChI=1S/C15H20N2OS/c1-17(11-13-6-9-19-12-13)7-3-8-18-15-5-2-4-14(16)10-15/h2,4-6,9-10,12H,3,7-8,11,16H2,1H3. The van der Waals surface area contributed by atoms with Crippen LogP contribution in [0.2, 0.25) is 0 Å². The molecule has 102 valence electrons. The van der Waals surface area contributed by atoms with Crippen LogP contribution in [0.3, 0.4) is 0 Å². The smallest absolute Gasteiger partial charge is 0.121 e. The maximum absolute atomic E-state index is 5.70. The summed E-state index contributed by atoms with van der Waals surface area (Å²) in [6, 6.07) is 9.74. The van der Waals surface area contributed by atoms with E-state index in [1.165, 1.54) is 5.56 Å². The van der Waals surface area contributed by atoms with Gasteiger partial charge in [0.1, 0.15) is 5.75 Å². The van der Waals surface area contributed by atoms with Crippen molar-refractivity contribution in [2.45, 2.75) is 13.0 Å². The summed E-state index contributed by atoms with van der Waals surface area (Å²) in [5.41, 5.74) is 7.82. The van der Waals surface area contributed by atoms with Crippen molar-refractivity contribution in [3.8, 4) is 5.75 Å². The van der Waals surface area contributed by atoms with Crippen LogP contribution in [-0.4, -0.2) is 25.1 Å². The van der Waals surface area contributed by atoms with Crippen LogP contribution >= 0.6 is 11.3 Å². The average molecular weight is 276 g/mol. The maximum Gasteiger partial charge on any atom is 0.121 e. The van der Waals surface area contributed by atoms with Crippen LogP contribution in [0.1, 0.15) is 12.0 Å². The van der Waals surface area contributed by atoms with Crippen LogP contribution in [0.5, 0.6) is 5.75 Å². The summed E-state index contributed by atoms with van der Waals surface area (Å²) < 4.78 is 5.67. The second-order valence-corrected chi connectivity index (χ2v) is 5.42. The molecule has 0 aliphatic carbocycles. The highest BCUT2D eigenvalue weighted by molar-refractivity contribution is 7.07. The molecule has 2 rings (SSSR count). The normalized spacial score (nSPS) is 10.8. The molecule has 1 heterocycles. The van der Waals surface area contributed by atoms with Gasteiger partial charge in [0.05, 0.1) is 6.61 Å². The van der Waals surface area contributed by atoms with Crippen LogP contribution in [0.25, 0.3) is 0 Å². The summed E-state index contributed by atoms with van der Waals surface area (Å²) in [4.78, 5) is 2.31. The molecule has 0 unspecified atom stereocenters. The van der Waals surface area contributed by atoms with Gasteiger partial charge in [-0.3, -0.25) is 0 Å². The molecule has 1 aromatic heterocycles. The Hall–Kier alpha value is -1.52. The quantitative estimate of drug-likeness (QED) is 0.623. The molecular formula is C15H20N2OS. The fraction of sp³-hybridized carbons (Fsp3) is 0.333. The molecule has 0 radical (unpaired) electrons. The predicted molar refractivity (Wildman–Crippen MR) is 81.6 cm³/mol. The third kappa shape index (κ3) is 4.93. The molecule has 2 N–H and O–H groups in total. The van der Waals surface area contributed by atoms with Crippen molar-refractivity contribution in [1.29, 1.82) is 0 Å². The summed E-state index contributed by atoms with van der Waals surface area (Å²) >= 11 is 1.75. The Morgan fingerprint density at radius 2 is 2.21 bits per heavy atom. The van der Waals surface area contributed by atoms with Gasteiger partial charge in [-0.2, -0.15) is 11.3 Å². The molecule has 0 saturated carbocycles. The first-order valence-electron chi connectivity index (χ1n) is 6.42. The molecule has 0 aliphatic heterocycles. The number of rotatable bonds is 7. The topological polar surface area (TPSA) is 38.5 Å². The van der Waals surface area contributed by atoms with Gasteiger partial charge in [0, 0.05) is 24.8 Å². The SMILES string of the molecule is CN(CCCOc1cccc(N)c1)Cc1ccsc1. The van der Waals surface area contributed by atoms with Gasteiger partial charge in [-0.05, 0) is 48.0 Å². The van der Waals surface area contributed by atoms with Crippen molar-refractivity contribution in [1.82, 2.24) is 4.90 Å². The molecule has 1 aromatic carbocycles. The van der Waals surface area contributed by atoms with Gasteiger partial charge in [-0.25, -0.2) is 0 Å². The minimum atomic E-state index is 0.720. The minimum absolute atomic E-state index is 0.720. The molecule has 3 nitrogen and oxygen atoms in total. The van der Waals surface area contributed by atoms with E-state index in [-0.39, 0.29) is 0 Å². The highest BCUT2D eigenvalue weighted by atomic mass is 32.1. The maximum atomic E-state index is 5.70. The van der Waals surface area contributed by atoms with Crippen LogP contribution in [0.15, 0.2) is 41.1 Å².